The minimum absolute atomic E-state index is 0.189. The van der Waals surface area contributed by atoms with Crippen molar-refractivity contribution in [1.29, 1.82) is 0 Å². The average Bonchev–Trinajstić information content (AvgIpc) is 2.86. The molecule has 0 aliphatic rings. The highest BCUT2D eigenvalue weighted by Crippen LogP contribution is 2.19. The van der Waals surface area contributed by atoms with Gasteiger partial charge in [0, 0.05) is 18.0 Å². The Morgan fingerprint density at radius 3 is 2.88 bits per heavy atom. The summed E-state index contributed by atoms with van der Waals surface area (Å²) >= 11 is 1.75. The van der Waals surface area contributed by atoms with Crippen LogP contribution in [0.1, 0.15) is 18.4 Å². The van der Waals surface area contributed by atoms with Crippen LogP contribution in [0.4, 0.5) is 0 Å². The van der Waals surface area contributed by atoms with Crippen molar-refractivity contribution >= 4 is 11.8 Å². The highest BCUT2D eigenvalue weighted by atomic mass is 32.2. The Balaban J connectivity index is 2.11. The van der Waals surface area contributed by atoms with E-state index in [1.165, 1.54) is 0 Å². The number of rotatable bonds is 5. The van der Waals surface area contributed by atoms with Crippen LogP contribution in [0.3, 0.4) is 0 Å². The second-order valence-electron chi connectivity index (χ2n) is 3.58. The SMILES string of the molecule is CSCCC(N)c1nc(-c2ccncc2)no1. The van der Waals surface area contributed by atoms with Gasteiger partial charge in [0.2, 0.25) is 11.7 Å². The van der Waals surface area contributed by atoms with Crippen LogP contribution in [0.25, 0.3) is 11.4 Å². The molecule has 1 unspecified atom stereocenters. The van der Waals surface area contributed by atoms with Crippen molar-refractivity contribution < 1.29 is 4.52 Å². The molecule has 2 rings (SSSR count). The van der Waals surface area contributed by atoms with Crippen LogP contribution < -0.4 is 5.73 Å². The Morgan fingerprint density at radius 1 is 1.41 bits per heavy atom. The molecule has 0 aliphatic carbocycles. The lowest BCUT2D eigenvalue weighted by Gasteiger charge is -2.03. The van der Waals surface area contributed by atoms with Crippen LogP contribution in [0.15, 0.2) is 29.0 Å². The van der Waals surface area contributed by atoms with E-state index in [1.807, 2.05) is 18.4 Å². The Kier molecular flexibility index (Phi) is 4.11. The second kappa shape index (κ2) is 5.79. The molecular formula is C11H14N4OS. The van der Waals surface area contributed by atoms with E-state index in [0.29, 0.717) is 11.7 Å². The van der Waals surface area contributed by atoms with E-state index in [2.05, 4.69) is 15.1 Å². The van der Waals surface area contributed by atoms with E-state index in [0.717, 1.165) is 17.7 Å². The fraction of sp³-hybridized carbons (Fsp3) is 0.364. The van der Waals surface area contributed by atoms with Crippen molar-refractivity contribution in [3.05, 3.63) is 30.4 Å². The smallest absolute Gasteiger partial charge is 0.243 e. The third kappa shape index (κ3) is 3.04. The van der Waals surface area contributed by atoms with Crippen LogP contribution in [0.5, 0.6) is 0 Å². The third-order valence-corrected chi connectivity index (χ3v) is 2.97. The Hall–Kier alpha value is -1.40. The zero-order valence-corrected chi connectivity index (χ0v) is 10.4. The highest BCUT2D eigenvalue weighted by Gasteiger charge is 2.15. The van der Waals surface area contributed by atoms with Crippen molar-refractivity contribution in [2.24, 2.45) is 5.73 Å². The van der Waals surface area contributed by atoms with Crippen LogP contribution in [0.2, 0.25) is 0 Å². The van der Waals surface area contributed by atoms with E-state index in [9.17, 15) is 0 Å². The molecule has 6 heteroatoms. The van der Waals surface area contributed by atoms with Gasteiger partial charge in [-0.15, -0.1) is 0 Å². The topological polar surface area (TPSA) is 77.8 Å². The molecule has 0 spiro atoms. The molecule has 0 saturated carbocycles. The van der Waals surface area contributed by atoms with Crippen molar-refractivity contribution in [3.8, 4) is 11.4 Å². The van der Waals surface area contributed by atoms with Crippen LogP contribution >= 0.6 is 11.8 Å². The molecule has 5 nitrogen and oxygen atoms in total. The van der Waals surface area contributed by atoms with Gasteiger partial charge in [0.25, 0.3) is 0 Å². The summed E-state index contributed by atoms with van der Waals surface area (Å²) in [4.78, 5) is 8.23. The molecule has 2 N–H and O–H groups in total. The van der Waals surface area contributed by atoms with Gasteiger partial charge in [-0.05, 0) is 30.6 Å². The predicted octanol–water partition coefficient (Wildman–Crippen LogP) is 1.88. The molecule has 2 aromatic rings. The van der Waals surface area contributed by atoms with E-state index in [4.69, 9.17) is 10.3 Å². The quantitative estimate of drug-likeness (QED) is 0.873. The zero-order valence-electron chi connectivity index (χ0n) is 9.54. The summed E-state index contributed by atoms with van der Waals surface area (Å²) in [6, 6.07) is 3.48. The summed E-state index contributed by atoms with van der Waals surface area (Å²) in [5, 5.41) is 3.91. The minimum Gasteiger partial charge on any atom is -0.337 e. The molecule has 0 aliphatic heterocycles. The Morgan fingerprint density at radius 2 is 2.18 bits per heavy atom. The maximum absolute atomic E-state index is 5.95. The van der Waals surface area contributed by atoms with Gasteiger partial charge in [0.1, 0.15) is 0 Å². The Labute approximate surface area is 104 Å². The fourth-order valence-corrected chi connectivity index (χ4v) is 1.86. The third-order valence-electron chi connectivity index (χ3n) is 2.33. The second-order valence-corrected chi connectivity index (χ2v) is 4.57. The van der Waals surface area contributed by atoms with Crippen molar-refractivity contribution in [1.82, 2.24) is 15.1 Å². The van der Waals surface area contributed by atoms with Crippen LogP contribution in [0, 0.1) is 0 Å². The number of pyridine rings is 1. The molecule has 90 valence electrons. The molecule has 0 aromatic carbocycles. The summed E-state index contributed by atoms with van der Waals surface area (Å²) in [6.45, 7) is 0. The molecule has 0 radical (unpaired) electrons. The van der Waals surface area contributed by atoms with Gasteiger partial charge in [-0.3, -0.25) is 4.98 Å². The number of hydrogen-bond donors (Lipinski definition) is 1. The largest absolute Gasteiger partial charge is 0.337 e. The van der Waals surface area contributed by atoms with Gasteiger partial charge < -0.3 is 10.3 Å². The fourth-order valence-electron chi connectivity index (χ4n) is 1.37. The number of nitrogens with two attached hydrogens (primary N) is 1. The normalized spacial score (nSPS) is 12.6. The van der Waals surface area contributed by atoms with Gasteiger partial charge in [0.05, 0.1) is 6.04 Å². The summed E-state index contributed by atoms with van der Waals surface area (Å²) in [5.41, 5.74) is 6.83. The minimum atomic E-state index is -0.189. The summed E-state index contributed by atoms with van der Waals surface area (Å²) in [5.74, 6) is 2.03. The predicted molar refractivity (Wildman–Crippen MR) is 67.5 cm³/mol. The Bertz CT molecular complexity index is 460. The molecule has 0 amide bonds. The summed E-state index contributed by atoms with van der Waals surface area (Å²) < 4.78 is 5.16. The number of nitrogens with zero attached hydrogens (tertiary/aromatic N) is 3. The molecular weight excluding hydrogens is 236 g/mol. The van der Waals surface area contributed by atoms with E-state index >= 15 is 0 Å². The van der Waals surface area contributed by atoms with Crippen LogP contribution in [-0.2, 0) is 0 Å². The first-order valence-electron chi connectivity index (χ1n) is 5.30. The zero-order chi connectivity index (χ0) is 12.1. The van der Waals surface area contributed by atoms with Crippen molar-refractivity contribution in [2.45, 2.75) is 12.5 Å². The van der Waals surface area contributed by atoms with E-state index < -0.39 is 0 Å². The van der Waals surface area contributed by atoms with Crippen molar-refractivity contribution in [2.75, 3.05) is 12.0 Å². The first-order chi connectivity index (χ1) is 8.31. The lowest BCUT2D eigenvalue weighted by atomic mass is 10.2. The number of aromatic nitrogens is 3. The van der Waals surface area contributed by atoms with Gasteiger partial charge in [-0.25, -0.2) is 0 Å². The van der Waals surface area contributed by atoms with Gasteiger partial charge in [-0.1, -0.05) is 5.16 Å². The molecule has 17 heavy (non-hydrogen) atoms. The molecule has 0 bridgehead atoms. The van der Waals surface area contributed by atoms with Crippen LogP contribution in [-0.4, -0.2) is 27.1 Å². The lowest BCUT2D eigenvalue weighted by molar-refractivity contribution is 0.353. The standard InChI is InChI=1S/C11H14N4OS/c1-17-7-4-9(12)11-14-10(15-16-11)8-2-5-13-6-3-8/h2-3,5-6,9H,4,7,12H2,1H3. The summed E-state index contributed by atoms with van der Waals surface area (Å²) in [6.07, 6.45) is 6.26. The molecule has 0 fully saturated rings. The molecule has 2 heterocycles. The average molecular weight is 250 g/mol. The molecule has 1 atom stereocenters. The number of hydrogen-bond acceptors (Lipinski definition) is 6. The monoisotopic (exact) mass is 250 g/mol. The van der Waals surface area contributed by atoms with Gasteiger partial charge in [0.15, 0.2) is 0 Å². The first kappa shape index (κ1) is 12.1. The first-order valence-corrected chi connectivity index (χ1v) is 6.69. The highest BCUT2D eigenvalue weighted by molar-refractivity contribution is 7.98. The summed E-state index contributed by atoms with van der Waals surface area (Å²) in [7, 11) is 0. The maximum Gasteiger partial charge on any atom is 0.243 e. The lowest BCUT2D eigenvalue weighted by Crippen LogP contribution is -2.11. The maximum atomic E-state index is 5.95. The van der Waals surface area contributed by atoms with Gasteiger partial charge >= 0.3 is 0 Å². The molecule has 0 saturated heterocycles. The van der Waals surface area contributed by atoms with Gasteiger partial charge in [-0.2, -0.15) is 16.7 Å². The van der Waals surface area contributed by atoms with E-state index in [-0.39, 0.29) is 6.04 Å². The van der Waals surface area contributed by atoms with Crippen molar-refractivity contribution in [3.63, 3.8) is 0 Å². The molecule has 2 aromatic heterocycles. The van der Waals surface area contributed by atoms with E-state index in [1.54, 1.807) is 24.2 Å². The number of thioether (sulfide) groups is 1.